The van der Waals surface area contributed by atoms with Gasteiger partial charge in [-0.2, -0.15) is 0 Å². The maximum Gasteiger partial charge on any atom is 0.341 e. The van der Waals surface area contributed by atoms with Gasteiger partial charge in [0.1, 0.15) is 29.6 Å². The van der Waals surface area contributed by atoms with E-state index in [9.17, 15) is 14.4 Å². The Kier molecular flexibility index (Phi) is 8.24. The predicted molar refractivity (Wildman–Crippen MR) is 124 cm³/mol. The van der Waals surface area contributed by atoms with Gasteiger partial charge in [0.2, 0.25) is 0 Å². The van der Waals surface area contributed by atoms with Crippen molar-refractivity contribution in [2.24, 2.45) is 10.9 Å². The van der Waals surface area contributed by atoms with Crippen LogP contribution < -0.4 is 14.8 Å². The largest absolute Gasteiger partial charge is 0.496 e. The van der Waals surface area contributed by atoms with Crippen LogP contribution in [0, 0.1) is 5.92 Å². The van der Waals surface area contributed by atoms with Crippen LogP contribution in [0.4, 0.5) is 4.79 Å². The average molecular weight is 469 g/mol. The molecule has 9 heteroatoms. The van der Waals surface area contributed by atoms with Gasteiger partial charge in [-0.3, -0.25) is 4.79 Å². The molecule has 2 atom stereocenters. The number of carbonyl (C=O) groups is 3. The lowest BCUT2D eigenvalue weighted by Gasteiger charge is -2.30. The van der Waals surface area contributed by atoms with Gasteiger partial charge in [0.05, 0.1) is 26.4 Å². The highest BCUT2D eigenvalue weighted by atomic mass is 16.5. The Balaban J connectivity index is 1.91. The number of nitrogens with one attached hydrogen (secondary N) is 1. The molecule has 0 bridgehead atoms. The molecule has 1 aliphatic rings. The van der Waals surface area contributed by atoms with Gasteiger partial charge >= 0.3 is 18.0 Å². The van der Waals surface area contributed by atoms with E-state index in [0.717, 1.165) is 0 Å². The molecular weight excluding hydrogens is 440 g/mol. The third-order valence-corrected chi connectivity index (χ3v) is 5.31. The molecule has 1 aliphatic heterocycles. The normalized spacial score (nSPS) is 17.3. The number of ether oxygens (including phenoxy) is 4. The minimum atomic E-state index is -0.760. The molecular formula is C25H28N2O7. The van der Waals surface area contributed by atoms with Crippen molar-refractivity contribution in [1.82, 2.24) is 5.32 Å². The van der Waals surface area contributed by atoms with E-state index in [1.54, 1.807) is 63.2 Å². The molecule has 2 amide bonds. The zero-order valence-electron chi connectivity index (χ0n) is 19.6. The van der Waals surface area contributed by atoms with Gasteiger partial charge in [0.15, 0.2) is 0 Å². The number of benzene rings is 2. The molecule has 9 nitrogen and oxygen atoms in total. The molecule has 3 rings (SSSR count). The second-order valence-electron chi connectivity index (χ2n) is 7.49. The Bertz CT molecular complexity index is 1100. The molecule has 0 saturated heterocycles. The highest BCUT2D eigenvalue weighted by molar-refractivity contribution is 6.08. The number of hydrogen-bond acceptors (Lipinski definition) is 7. The number of hydrogen-bond donors (Lipinski definition) is 1. The first-order valence-corrected chi connectivity index (χ1v) is 11.0. The number of carbonyl (C=O) groups excluding carboxylic acids is 3. The summed E-state index contributed by atoms with van der Waals surface area (Å²) < 4.78 is 21.7. The molecule has 0 radical (unpaired) electrons. The van der Waals surface area contributed by atoms with E-state index < -0.39 is 29.9 Å². The van der Waals surface area contributed by atoms with Crippen LogP contribution in [0.5, 0.6) is 11.5 Å². The molecule has 2 unspecified atom stereocenters. The van der Waals surface area contributed by atoms with E-state index in [0.29, 0.717) is 33.9 Å². The lowest BCUT2D eigenvalue weighted by atomic mass is 9.87. The van der Waals surface area contributed by atoms with Crippen LogP contribution in [0.3, 0.4) is 0 Å². The van der Waals surface area contributed by atoms with E-state index in [2.05, 4.69) is 10.3 Å². The molecule has 0 aliphatic carbocycles. The first-order valence-electron chi connectivity index (χ1n) is 11.0. The monoisotopic (exact) mass is 468 g/mol. The Morgan fingerprint density at radius 3 is 2.47 bits per heavy atom. The van der Waals surface area contributed by atoms with Crippen LogP contribution in [0.15, 0.2) is 47.5 Å². The zero-order valence-corrected chi connectivity index (χ0v) is 19.6. The second-order valence-corrected chi connectivity index (χ2v) is 7.49. The van der Waals surface area contributed by atoms with E-state index in [-0.39, 0.29) is 19.8 Å². The minimum Gasteiger partial charge on any atom is -0.496 e. The maximum atomic E-state index is 12.6. The van der Waals surface area contributed by atoms with E-state index >= 15 is 0 Å². The Morgan fingerprint density at radius 1 is 1.03 bits per heavy atom. The van der Waals surface area contributed by atoms with Crippen molar-refractivity contribution < 1.29 is 33.3 Å². The van der Waals surface area contributed by atoms with Gasteiger partial charge in [0, 0.05) is 11.3 Å². The zero-order chi connectivity index (χ0) is 24.7. The summed E-state index contributed by atoms with van der Waals surface area (Å²) in [6, 6.07) is 10.9. The number of nitrogens with zero attached hydrogens (tertiary/aromatic N) is 1. The SMILES string of the molecule is CCOC(=O)c1ccccc1OCc1cc(C2NC(=O)N=C(C)C2C(=O)OCC)ccc1OC. The summed E-state index contributed by atoms with van der Waals surface area (Å²) >= 11 is 0. The summed E-state index contributed by atoms with van der Waals surface area (Å²) in [7, 11) is 1.53. The molecule has 34 heavy (non-hydrogen) atoms. The predicted octanol–water partition coefficient (Wildman–Crippen LogP) is 3.86. The van der Waals surface area contributed by atoms with Crippen LogP contribution >= 0.6 is 0 Å². The maximum absolute atomic E-state index is 12.6. The van der Waals surface area contributed by atoms with Crippen LogP contribution in [-0.4, -0.2) is 44.0 Å². The molecule has 0 aromatic heterocycles. The first-order chi connectivity index (χ1) is 16.4. The number of methoxy groups -OCH3 is 1. The number of esters is 2. The Labute approximate surface area is 198 Å². The van der Waals surface area contributed by atoms with Crippen LogP contribution in [0.25, 0.3) is 0 Å². The Morgan fingerprint density at radius 2 is 1.76 bits per heavy atom. The van der Waals surface area contributed by atoms with Crippen molar-refractivity contribution in [2.45, 2.75) is 33.4 Å². The van der Waals surface area contributed by atoms with Gasteiger partial charge in [-0.1, -0.05) is 18.2 Å². The topological polar surface area (TPSA) is 113 Å². The molecule has 0 fully saturated rings. The minimum absolute atomic E-state index is 0.0746. The Hall–Kier alpha value is -3.88. The summed E-state index contributed by atoms with van der Waals surface area (Å²) in [5.74, 6) is -0.782. The van der Waals surface area contributed by atoms with Crippen LogP contribution in [0.2, 0.25) is 0 Å². The summed E-state index contributed by atoms with van der Waals surface area (Å²) in [6.45, 7) is 5.62. The third-order valence-electron chi connectivity index (χ3n) is 5.31. The van der Waals surface area contributed by atoms with Crippen molar-refractivity contribution in [3.8, 4) is 11.5 Å². The molecule has 2 aromatic carbocycles. The fourth-order valence-electron chi connectivity index (χ4n) is 3.76. The summed E-state index contributed by atoms with van der Waals surface area (Å²) in [6.07, 6.45) is 0. The highest BCUT2D eigenvalue weighted by Crippen LogP contribution is 2.32. The standard InChI is InChI=1S/C25H28N2O7/c1-5-32-23(28)18-9-7-8-10-20(18)34-14-17-13-16(11-12-19(17)31-4)22-21(24(29)33-6-2)15(3)26-25(30)27-22/h7-13,21-22H,5-6,14H2,1-4H3,(H,27,30). The number of rotatable bonds is 9. The number of para-hydroxylation sites is 1. The molecule has 0 saturated carbocycles. The molecule has 0 spiro atoms. The molecule has 2 aromatic rings. The van der Waals surface area contributed by atoms with E-state index in [1.165, 1.54) is 7.11 Å². The van der Waals surface area contributed by atoms with Crippen molar-refractivity contribution >= 4 is 23.7 Å². The van der Waals surface area contributed by atoms with Crippen molar-refractivity contribution in [1.29, 1.82) is 0 Å². The second kappa shape index (κ2) is 11.3. The van der Waals surface area contributed by atoms with Crippen molar-refractivity contribution in [3.05, 3.63) is 59.2 Å². The van der Waals surface area contributed by atoms with Gasteiger partial charge in [-0.25, -0.2) is 14.6 Å². The van der Waals surface area contributed by atoms with Gasteiger partial charge < -0.3 is 24.3 Å². The van der Waals surface area contributed by atoms with Crippen LogP contribution in [0.1, 0.15) is 48.3 Å². The summed E-state index contributed by atoms with van der Waals surface area (Å²) in [4.78, 5) is 40.9. The van der Waals surface area contributed by atoms with Crippen LogP contribution in [-0.2, 0) is 20.9 Å². The molecule has 180 valence electrons. The number of aliphatic imine (C=N–C) groups is 1. The summed E-state index contributed by atoms with van der Waals surface area (Å²) in [5, 5.41) is 2.76. The van der Waals surface area contributed by atoms with Crippen molar-refractivity contribution in [2.75, 3.05) is 20.3 Å². The first kappa shape index (κ1) is 24.8. The lowest BCUT2D eigenvalue weighted by Crippen LogP contribution is -2.44. The van der Waals surface area contributed by atoms with Crippen molar-refractivity contribution in [3.63, 3.8) is 0 Å². The van der Waals surface area contributed by atoms with Gasteiger partial charge in [0.25, 0.3) is 0 Å². The van der Waals surface area contributed by atoms with Gasteiger partial charge in [-0.15, -0.1) is 0 Å². The summed E-state index contributed by atoms with van der Waals surface area (Å²) in [5.41, 5.74) is 2.02. The quantitative estimate of drug-likeness (QED) is 0.556. The van der Waals surface area contributed by atoms with E-state index in [4.69, 9.17) is 18.9 Å². The third kappa shape index (κ3) is 5.54. The molecule has 1 N–H and O–H groups in total. The fourth-order valence-corrected chi connectivity index (χ4v) is 3.76. The van der Waals surface area contributed by atoms with Gasteiger partial charge in [-0.05, 0) is 50.6 Å². The lowest BCUT2D eigenvalue weighted by molar-refractivity contribution is -0.146. The fraction of sp³-hybridized carbons (Fsp3) is 0.360. The smallest absolute Gasteiger partial charge is 0.341 e. The molecule has 1 heterocycles. The average Bonchev–Trinajstić information content (AvgIpc) is 2.82. The van der Waals surface area contributed by atoms with E-state index in [1.807, 2.05) is 0 Å². The highest BCUT2D eigenvalue weighted by Gasteiger charge is 2.38. The number of urea groups is 1. The number of amides is 2.